The Morgan fingerprint density at radius 1 is 0.257 bits per heavy atom. The maximum Gasteiger partial charge on any atom is 0.164 e. The third-order valence-electron chi connectivity index (χ3n) is 14.3. The van der Waals surface area contributed by atoms with E-state index in [0.717, 1.165) is 50.1 Å². The van der Waals surface area contributed by atoms with Crippen LogP contribution in [0.4, 0.5) is 0 Å². The molecule has 0 fully saturated rings. The Balaban J connectivity index is 0.849. The lowest BCUT2D eigenvalue weighted by atomic mass is 9.93. The van der Waals surface area contributed by atoms with Crippen molar-refractivity contribution in [3.63, 3.8) is 0 Å². The summed E-state index contributed by atoms with van der Waals surface area (Å²) in [5.74, 6) is 1.92. The highest BCUT2D eigenvalue weighted by molar-refractivity contribution is 7.26. The van der Waals surface area contributed by atoms with Crippen LogP contribution in [0.3, 0.4) is 0 Å². The van der Waals surface area contributed by atoms with E-state index in [9.17, 15) is 0 Å². The summed E-state index contributed by atoms with van der Waals surface area (Å²) >= 11 is 1.88. The first kappa shape index (κ1) is 43.3. The van der Waals surface area contributed by atoms with Gasteiger partial charge in [0.25, 0.3) is 0 Å². The molecule has 0 saturated carbocycles. The number of nitrogens with zero attached hydrogens (tertiary/aromatic N) is 4. The van der Waals surface area contributed by atoms with Gasteiger partial charge >= 0.3 is 0 Å². The Kier molecular flexibility index (Phi) is 10.7. The first-order chi connectivity index (χ1) is 36.7. The Hall–Kier alpha value is -9.55. The van der Waals surface area contributed by atoms with Crippen molar-refractivity contribution in [1.82, 2.24) is 19.5 Å². The van der Waals surface area contributed by atoms with Crippen LogP contribution < -0.4 is 0 Å². The zero-order chi connectivity index (χ0) is 49.0. The number of thiophene rings is 1. The number of hydrogen-bond donors (Lipinski definition) is 0. The van der Waals surface area contributed by atoms with Gasteiger partial charge in [0.1, 0.15) is 0 Å². The predicted molar refractivity (Wildman–Crippen MR) is 311 cm³/mol. The Morgan fingerprint density at radius 2 is 0.676 bits per heavy atom. The summed E-state index contributed by atoms with van der Waals surface area (Å²) in [6.07, 6.45) is 0. The van der Waals surface area contributed by atoms with E-state index >= 15 is 0 Å². The fraction of sp³-hybridized carbons (Fsp3) is 0. The minimum Gasteiger partial charge on any atom is -0.309 e. The molecule has 4 nitrogen and oxygen atoms in total. The maximum atomic E-state index is 5.01. The van der Waals surface area contributed by atoms with Crippen molar-refractivity contribution >= 4 is 53.3 Å². The molecule has 0 amide bonds. The average Bonchev–Trinajstić information content (AvgIpc) is 4.05. The Bertz CT molecular complexity index is 4350. The van der Waals surface area contributed by atoms with E-state index in [-0.39, 0.29) is 0 Å². The number of aromatic nitrogens is 4. The third kappa shape index (κ3) is 7.75. The van der Waals surface area contributed by atoms with Crippen LogP contribution in [0.1, 0.15) is 0 Å². The normalized spacial score (nSPS) is 11.5. The zero-order valence-electron chi connectivity index (χ0n) is 40.1. The van der Waals surface area contributed by atoms with Crippen molar-refractivity contribution in [2.45, 2.75) is 0 Å². The van der Waals surface area contributed by atoms with Gasteiger partial charge < -0.3 is 4.57 Å². The van der Waals surface area contributed by atoms with Gasteiger partial charge in [-0.1, -0.05) is 212 Å². The van der Waals surface area contributed by atoms with Crippen LogP contribution in [0.2, 0.25) is 0 Å². The first-order valence-corrected chi connectivity index (χ1v) is 25.8. The number of fused-ring (bicyclic) bond motifs is 6. The minimum absolute atomic E-state index is 0.634. The predicted octanol–water partition coefficient (Wildman–Crippen LogP) is 18.7. The summed E-state index contributed by atoms with van der Waals surface area (Å²) in [6, 6.07) is 95.6. The second kappa shape index (κ2) is 18.2. The molecule has 0 unspecified atom stereocenters. The van der Waals surface area contributed by atoms with E-state index in [1.165, 1.54) is 69.8 Å². The van der Waals surface area contributed by atoms with E-state index in [1.54, 1.807) is 0 Å². The van der Waals surface area contributed by atoms with Crippen LogP contribution >= 0.6 is 11.3 Å². The van der Waals surface area contributed by atoms with Gasteiger partial charge in [-0.15, -0.1) is 11.3 Å². The summed E-state index contributed by atoms with van der Waals surface area (Å²) in [6.45, 7) is 0. The molecule has 14 aromatic rings. The lowest BCUT2D eigenvalue weighted by Gasteiger charge is -2.12. The Labute approximate surface area is 432 Å². The molecule has 0 radical (unpaired) electrons. The monoisotopic (exact) mass is 960 g/mol. The smallest absolute Gasteiger partial charge is 0.164 e. The van der Waals surface area contributed by atoms with E-state index in [2.05, 4.69) is 211 Å². The van der Waals surface area contributed by atoms with Crippen LogP contribution in [0.15, 0.2) is 267 Å². The molecule has 3 heterocycles. The molecule has 0 aliphatic rings. The summed E-state index contributed by atoms with van der Waals surface area (Å²) < 4.78 is 5.06. The highest BCUT2D eigenvalue weighted by atomic mass is 32.1. The molecule has 346 valence electrons. The van der Waals surface area contributed by atoms with Crippen molar-refractivity contribution in [1.29, 1.82) is 0 Å². The molecule has 0 aliphatic heterocycles. The second-order valence-electron chi connectivity index (χ2n) is 18.7. The van der Waals surface area contributed by atoms with Crippen molar-refractivity contribution in [3.05, 3.63) is 267 Å². The van der Waals surface area contributed by atoms with Crippen molar-refractivity contribution in [3.8, 4) is 95.5 Å². The number of rotatable bonds is 9. The lowest BCUT2D eigenvalue weighted by molar-refractivity contribution is 1.07. The molecule has 5 heteroatoms. The standard InChI is InChI=1S/C69H44N4S/c1-4-17-46(18-5-1)56-27-10-11-28-57(56)52-35-39-63-61(43-52)62-44-53(58-30-16-31-60-59-29-12-13-32-65(59)74-66(58)60)36-40-64(62)73(63)55-37-33-45(34-38-55)49-23-14-24-50(41-49)51-25-15-26-54(42-51)69-71-67(47-19-6-2-7-20-47)70-68(72-69)48-21-8-3-9-22-48/h1-44H. The molecule has 11 aromatic carbocycles. The number of hydrogen-bond acceptors (Lipinski definition) is 4. The van der Waals surface area contributed by atoms with Gasteiger partial charge in [-0.25, -0.2) is 15.0 Å². The van der Waals surface area contributed by atoms with Gasteiger partial charge in [-0.2, -0.15) is 0 Å². The summed E-state index contributed by atoms with van der Waals surface area (Å²) in [5, 5.41) is 5.05. The molecule has 3 aromatic heterocycles. The van der Waals surface area contributed by atoms with Crippen LogP contribution in [0.5, 0.6) is 0 Å². The fourth-order valence-electron chi connectivity index (χ4n) is 10.7. The SMILES string of the molecule is c1ccc(-c2nc(-c3ccccc3)nc(-c3cccc(-c4cccc(-c5ccc(-n6c7ccc(-c8ccccc8-c8ccccc8)cc7c7cc(-c8cccc9c8sc8ccccc89)ccc76)cc5)c4)c3)n2)cc1. The van der Waals surface area contributed by atoms with E-state index in [0.29, 0.717) is 17.5 Å². The van der Waals surface area contributed by atoms with Gasteiger partial charge in [-0.3, -0.25) is 0 Å². The molecular weight excluding hydrogens is 917 g/mol. The largest absolute Gasteiger partial charge is 0.309 e. The molecule has 74 heavy (non-hydrogen) atoms. The van der Waals surface area contributed by atoms with Gasteiger partial charge in [0.05, 0.1) is 11.0 Å². The minimum atomic E-state index is 0.634. The fourth-order valence-corrected chi connectivity index (χ4v) is 11.9. The van der Waals surface area contributed by atoms with Gasteiger partial charge in [-0.05, 0) is 110 Å². The third-order valence-corrected chi connectivity index (χ3v) is 15.5. The summed E-state index contributed by atoms with van der Waals surface area (Å²) in [5.41, 5.74) is 18.0. The van der Waals surface area contributed by atoms with E-state index < -0.39 is 0 Å². The van der Waals surface area contributed by atoms with E-state index in [4.69, 9.17) is 15.0 Å². The summed E-state index contributed by atoms with van der Waals surface area (Å²) in [7, 11) is 0. The number of benzene rings is 11. The molecule has 0 aliphatic carbocycles. The lowest BCUT2D eigenvalue weighted by Crippen LogP contribution is -2.00. The van der Waals surface area contributed by atoms with Crippen LogP contribution in [0, 0.1) is 0 Å². The van der Waals surface area contributed by atoms with Crippen molar-refractivity contribution < 1.29 is 0 Å². The summed E-state index contributed by atoms with van der Waals surface area (Å²) in [4.78, 5) is 14.9. The topological polar surface area (TPSA) is 43.6 Å². The van der Waals surface area contributed by atoms with Crippen LogP contribution in [-0.2, 0) is 0 Å². The zero-order valence-corrected chi connectivity index (χ0v) is 40.9. The maximum absolute atomic E-state index is 5.01. The van der Waals surface area contributed by atoms with Gasteiger partial charge in [0.2, 0.25) is 0 Å². The van der Waals surface area contributed by atoms with Crippen LogP contribution in [0.25, 0.3) is 137 Å². The molecule has 0 saturated heterocycles. The molecular formula is C69H44N4S. The molecule has 0 bridgehead atoms. The quantitative estimate of drug-likeness (QED) is 0.145. The van der Waals surface area contributed by atoms with E-state index in [1.807, 2.05) is 72.0 Å². The molecule has 14 rings (SSSR count). The van der Waals surface area contributed by atoms with Crippen LogP contribution in [-0.4, -0.2) is 19.5 Å². The Morgan fingerprint density at radius 3 is 1.30 bits per heavy atom. The highest BCUT2D eigenvalue weighted by Gasteiger charge is 2.19. The van der Waals surface area contributed by atoms with Crippen molar-refractivity contribution in [2.24, 2.45) is 0 Å². The van der Waals surface area contributed by atoms with Gasteiger partial charge in [0.15, 0.2) is 17.5 Å². The van der Waals surface area contributed by atoms with Crippen molar-refractivity contribution in [2.75, 3.05) is 0 Å². The molecule has 0 spiro atoms. The first-order valence-electron chi connectivity index (χ1n) is 25.0. The average molecular weight is 961 g/mol. The second-order valence-corrected chi connectivity index (χ2v) is 19.8. The van der Waals surface area contributed by atoms with Gasteiger partial charge in [0, 0.05) is 53.3 Å². The highest BCUT2D eigenvalue weighted by Crippen LogP contribution is 2.44. The molecule has 0 N–H and O–H groups in total. The molecule has 0 atom stereocenters.